The number of hydrogen-bond donors (Lipinski definition) is 0. The van der Waals surface area contributed by atoms with Gasteiger partial charge in [0.05, 0.1) is 0 Å². The van der Waals surface area contributed by atoms with E-state index in [1.807, 2.05) is 0 Å². The molecule has 2 nitrogen and oxygen atoms in total. The molecule has 0 aromatic rings. The molecular formula is C15H26N2. The molecule has 96 valence electrons. The summed E-state index contributed by atoms with van der Waals surface area (Å²) in [6.45, 7) is 5.68. The summed E-state index contributed by atoms with van der Waals surface area (Å²) >= 11 is 0. The molecule has 2 heteroatoms. The molecule has 0 saturated carbocycles. The zero-order chi connectivity index (χ0) is 11.2. The smallest absolute Gasteiger partial charge is 0.0136 e. The number of rotatable bonds is 0. The molecule has 4 rings (SSSR count). The van der Waals surface area contributed by atoms with E-state index in [9.17, 15) is 0 Å². The molecule has 0 aromatic heterocycles. The molecule has 4 aliphatic heterocycles. The van der Waals surface area contributed by atoms with E-state index in [0.717, 1.165) is 23.9 Å². The summed E-state index contributed by atoms with van der Waals surface area (Å²) in [6.07, 6.45) is 10.5. The van der Waals surface area contributed by atoms with Crippen LogP contribution in [0.25, 0.3) is 0 Å². The predicted molar refractivity (Wildman–Crippen MR) is 70.0 cm³/mol. The summed E-state index contributed by atoms with van der Waals surface area (Å²) in [6, 6.07) is 1.92. The lowest BCUT2D eigenvalue weighted by molar-refractivity contribution is -0.0718. The lowest BCUT2D eigenvalue weighted by atomic mass is 9.71. The molecule has 3 unspecified atom stereocenters. The van der Waals surface area contributed by atoms with Gasteiger partial charge >= 0.3 is 0 Å². The van der Waals surface area contributed by atoms with E-state index >= 15 is 0 Å². The second-order valence-electron chi connectivity index (χ2n) is 6.87. The Hall–Kier alpha value is -0.0800. The highest BCUT2D eigenvalue weighted by atomic mass is 15.3. The maximum Gasteiger partial charge on any atom is 0.0136 e. The van der Waals surface area contributed by atoms with E-state index < -0.39 is 0 Å². The topological polar surface area (TPSA) is 6.48 Å². The average molecular weight is 234 g/mol. The Morgan fingerprint density at radius 1 is 0.647 bits per heavy atom. The number of piperidine rings is 4. The second-order valence-corrected chi connectivity index (χ2v) is 6.87. The van der Waals surface area contributed by atoms with Crippen LogP contribution >= 0.6 is 0 Å². The van der Waals surface area contributed by atoms with Crippen LogP contribution in [0.5, 0.6) is 0 Å². The lowest BCUT2D eigenvalue weighted by Gasteiger charge is -2.57. The summed E-state index contributed by atoms with van der Waals surface area (Å²) in [5.41, 5.74) is 0. The van der Waals surface area contributed by atoms with Crippen molar-refractivity contribution in [3.05, 3.63) is 0 Å². The molecule has 0 radical (unpaired) electrons. The number of nitrogens with zero attached hydrogens (tertiary/aromatic N) is 2. The van der Waals surface area contributed by atoms with Gasteiger partial charge in [0.25, 0.3) is 0 Å². The van der Waals surface area contributed by atoms with Gasteiger partial charge < -0.3 is 0 Å². The number of hydrogen-bond acceptors (Lipinski definition) is 2. The van der Waals surface area contributed by atoms with Gasteiger partial charge in [0, 0.05) is 25.2 Å². The van der Waals surface area contributed by atoms with Crippen molar-refractivity contribution in [2.45, 2.75) is 57.0 Å². The monoisotopic (exact) mass is 234 g/mol. The molecule has 2 bridgehead atoms. The molecule has 0 amide bonds. The largest absolute Gasteiger partial charge is 0.300 e. The highest BCUT2D eigenvalue weighted by Crippen LogP contribution is 2.42. The van der Waals surface area contributed by atoms with E-state index in [4.69, 9.17) is 0 Å². The molecule has 4 heterocycles. The van der Waals surface area contributed by atoms with Gasteiger partial charge in [-0.15, -0.1) is 0 Å². The molecule has 0 spiro atoms. The average Bonchev–Trinajstić information content (AvgIpc) is 2.39. The highest BCUT2D eigenvalue weighted by Gasteiger charge is 2.46. The SMILES string of the molecule is C1CCN2CC3CC(CN4CCCC[C@@H]34)C2C1. The first-order valence-electron chi connectivity index (χ1n) is 7.90. The van der Waals surface area contributed by atoms with Crippen LogP contribution in [0.3, 0.4) is 0 Å². The Morgan fingerprint density at radius 2 is 1.18 bits per heavy atom. The first-order chi connectivity index (χ1) is 8.42. The van der Waals surface area contributed by atoms with Crippen LogP contribution in [0, 0.1) is 11.8 Å². The Morgan fingerprint density at radius 3 is 1.71 bits per heavy atom. The fourth-order valence-electron chi connectivity index (χ4n) is 5.25. The lowest BCUT2D eigenvalue weighted by Crippen LogP contribution is -2.63. The Kier molecular flexibility index (Phi) is 2.69. The molecule has 4 saturated heterocycles. The van der Waals surface area contributed by atoms with Gasteiger partial charge in [0.15, 0.2) is 0 Å². The minimum Gasteiger partial charge on any atom is -0.300 e. The van der Waals surface area contributed by atoms with Crippen LogP contribution < -0.4 is 0 Å². The fraction of sp³-hybridized carbons (Fsp3) is 1.00. The zero-order valence-corrected chi connectivity index (χ0v) is 11.0. The molecule has 0 aromatic carbocycles. The summed E-state index contributed by atoms with van der Waals surface area (Å²) in [5, 5.41) is 0. The Labute approximate surface area is 105 Å². The molecule has 0 N–H and O–H groups in total. The maximum atomic E-state index is 2.87. The van der Waals surface area contributed by atoms with E-state index in [0.29, 0.717) is 0 Å². The molecule has 17 heavy (non-hydrogen) atoms. The van der Waals surface area contributed by atoms with Crippen LogP contribution in [-0.2, 0) is 0 Å². The zero-order valence-electron chi connectivity index (χ0n) is 11.0. The molecule has 0 aliphatic carbocycles. The van der Waals surface area contributed by atoms with Crippen molar-refractivity contribution in [3.63, 3.8) is 0 Å². The van der Waals surface area contributed by atoms with Gasteiger partial charge in [0.1, 0.15) is 0 Å². The van der Waals surface area contributed by atoms with Gasteiger partial charge in [-0.2, -0.15) is 0 Å². The summed E-state index contributed by atoms with van der Waals surface area (Å²) < 4.78 is 0. The summed E-state index contributed by atoms with van der Waals surface area (Å²) in [7, 11) is 0. The van der Waals surface area contributed by atoms with Gasteiger partial charge in [-0.1, -0.05) is 12.8 Å². The van der Waals surface area contributed by atoms with Crippen LogP contribution in [0.4, 0.5) is 0 Å². The quantitative estimate of drug-likeness (QED) is 0.635. The van der Waals surface area contributed by atoms with Crippen molar-refractivity contribution in [3.8, 4) is 0 Å². The molecule has 4 fully saturated rings. The van der Waals surface area contributed by atoms with E-state index in [1.165, 1.54) is 64.7 Å². The normalized spacial score (nSPS) is 47.3. The predicted octanol–water partition coefficient (Wildman–Crippen LogP) is 2.35. The molecule has 4 aliphatic rings. The van der Waals surface area contributed by atoms with E-state index in [-0.39, 0.29) is 0 Å². The first-order valence-corrected chi connectivity index (χ1v) is 7.90. The summed E-state index contributed by atoms with van der Waals surface area (Å²) in [5.74, 6) is 2.03. The van der Waals surface area contributed by atoms with Gasteiger partial charge in [0.2, 0.25) is 0 Å². The first kappa shape index (κ1) is 10.8. The summed E-state index contributed by atoms with van der Waals surface area (Å²) in [4.78, 5) is 5.74. The van der Waals surface area contributed by atoms with Crippen LogP contribution in [0.15, 0.2) is 0 Å². The van der Waals surface area contributed by atoms with Crippen molar-refractivity contribution in [2.75, 3.05) is 26.2 Å². The van der Waals surface area contributed by atoms with E-state index in [2.05, 4.69) is 9.80 Å². The van der Waals surface area contributed by atoms with Gasteiger partial charge in [-0.05, 0) is 57.0 Å². The number of fused-ring (bicyclic) bond motifs is 6. The van der Waals surface area contributed by atoms with Crippen LogP contribution in [0.2, 0.25) is 0 Å². The molecule has 4 atom stereocenters. The Bertz CT molecular complexity index is 263. The third kappa shape index (κ3) is 1.76. The standard InChI is InChI=1S/C15H26N2/c1-3-7-16-11-13-9-12(14(16)5-1)10-17-8-4-2-6-15(13)17/h12-15H,1-11H2/t12?,13?,14-,15?/m0/s1. The van der Waals surface area contributed by atoms with Crippen molar-refractivity contribution in [1.82, 2.24) is 9.80 Å². The second kappa shape index (κ2) is 4.24. The molecular weight excluding hydrogens is 208 g/mol. The highest BCUT2D eigenvalue weighted by molar-refractivity contribution is 5.00. The van der Waals surface area contributed by atoms with Crippen LogP contribution in [-0.4, -0.2) is 48.1 Å². The van der Waals surface area contributed by atoms with Gasteiger partial charge in [-0.25, -0.2) is 0 Å². The van der Waals surface area contributed by atoms with Crippen molar-refractivity contribution >= 4 is 0 Å². The Balaban J connectivity index is 1.56. The van der Waals surface area contributed by atoms with Crippen molar-refractivity contribution < 1.29 is 0 Å². The fourth-order valence-corrected chi connectivity index (χ4v) is 5.25. The maximum absolute atomic E-state index is 2.87. The van der Waals surface area contributed by atoms with Crippen LogP contribution in [0.1, 0.15) is 44.9 Å². The third-order valence-electron chi connectivity index (χ3n) is 5.96. The van der Waals surface area contributed by atoms with E-state index in [1.54, 1.807) is 6.42 Å². The minimum absolute atomic E-state index is 0.961. The van der Waals surface area contributed by atoms with Crippen molar-refractivity contribution in [2.24, 2.45) is 11.8 Å². The van der Waals surface area contributed by atoms with Gasteiger partial charge in [-0.3, -0.25) is 9.80 Å². The third-order valence-corrected chi connectivity index (χ3v) is 5.96. The minimum atomic E-state index is 0.961. The van der Waals surface area contributed by atoms with Crippen molar-refractivity contribution in [1.29, 1.82) is 0 Å².